The molecule has 172 valence electrons. The first-order chi connectivity index (χ1) is 16.0. The van der Waals surface area contributed by atoms with Crippen LogP contribution in [0.4, 0.5) is 5.69 Å². The molecule has 9 heteroatoms. The predicted octanol–water partition coefficient (Wildman–Crippen LogP) is 3.83. The van der Waals surface area contributed by atoms with Crippen molar-refractivity contribution >= 4 is 17.6 Å². The maximum atomic E-state index is 12.6. The molecule has 1 aromatic heterocycles. The Balaban J connectivity index is 1.34. The first-order valence-electron chi connectivity index (χ1n) is 10.5. The van der Waals surface area contributed by atoms with Gasteiger partial charge in [-0.2, -0.15) is 0 Å². The van der Waals surface area contributed by atoms with Gasteiger partial charge in [0.25, 0.3) is 5.91 Å². The number of amides is 1. The Morgan fingerprint density at radius 3 is 2.64 bits per heavy atom. The number of fused-ring (bicyclic) bond motifs is 1. The summed E-state index contributed by atoms with van der Waals surface area (Å²) in [5.74, 6) is 1.03. The number of benzene rings is 2. The SMILES string of the molecule is Cc1noc(C)c1COc1ccccc1C(=O)OCC(=O)Nc1ccc2c(c1)OCCCO2. The van der Waals surface area contributed by atoms with Gasteiger partial charge in [-0.3, -0.25) is 4.79 Å². The molecule has 0 atom stereocenters. The Hall–Kier alpha value is -4.01. The van der Waals surface area contributed by atoms with Crippen molar-refractivity contribution < 1.29 is 33.1 Å². The third kappa shape index (κ3) is 5.43. The lowest BCUT2D eigenvalue weighted by Crippen LogP contribution is -2.21. The van der Waals surface area contributed by atoms with Crippen molar-refractivity contribution in [2.45, 2.75) is 26.9 Å². The van der Waals surface area contributed by atoms with Crippen LogP contribution >= 0.6 is 0 Å². The molecule has 0 saturated heterocycles. The van der Waals surface area contributed by atoms with Crippen LogP contribution in [0.1, 0.15) is 33.8 Å². The Labute approximate surface area is 190 Å². The molecule has 0 aliphatic carbocycles. The summed E-state index contributed by atoms with van der Waals surface area (Å²) in [7, 11) is 0. The molecular formula is C24H24N2O7. The minimum absolute atomic E-state index is 0.191. The zero-order valence-electron chi connectivity index (χ0n) is 18.4. The molecule has 0 radical (unpaired) electrons. The standard InChI is InChI=1S/C24H24N2O7/c1-15-19(16(2)33-26-15)13-31-20-7-4-3-6-18(20)24(28)32-14-23(27)25-17-8-9-21-22(12-17)30-11-5-10-29-21/h3-4,6-9,12H,5,10-11,13-14H2,1-2H3,(H,25,27). The van der Waals surface area contributed by atoms with Crippen molar-refractivity contribution in [1.82, 2.24) is 5.16 Å². The Bertz CT molecular complexity index is 1140. The molecular weight excluding hydrogens is 428 g/mol. The second-order valence-electron chi connectivity index (χ2n) is 7.42. The number of aryl methyl sites for hydroxylation is 2. The molecule has 0 spiro atoms. The summed E-state index contributed by atoms with van der Waals surface area (Å²) in [6.45, 7) is 4.47. The monoisotopic (exact) mass is 452 g/mol. The van der Waals surface area contributed by atoms with E-state index in [4.69, 9.17) is 23.5 Å². The van der Waals surface area contributed by atoms with Gasteiger partial charge in [0.2, 0.25) is 0 Å². The highest BCUT2D eigenvalue weighted by atomic mass is 16.5. The van der Waals surface area contributed by atoms with E-state index < -0.39 is 18.5 Å². The van der Waals surface area contributed by atoms with Gasteiger partial charge in [-0.15, -0.1) is 0 Å². The maximum Gasteiger partial charge on any atom is 0.342 e. The van der Waals surface area contributed by atoms with Gasteiger partial charge in [0.1, 0.15) is 23.7 Å². The van der Waals surface area contributed by atoms with Crippen molar-refractivity contribution in [3.8, 4) is 17.2 Å². The number of carbonyl (C=O) groups is 2. The van der Waals surface area contributed by atoms with Crippen LogP contribution in [-0.2, 0) is 16.1 Å². The van der Waals surface area contributed by atoms with E-state index in [1.807, 2.05) is 6.92 Å². The third-order valence-corrected chi connectivity index (χ3v) is 5.03. The van der Waals surface area contributed by atoms with Gasteiger partial charge in [0, 0.05) is 18.2 Å². The number of ether oxygens (including phenoxy) is 4. The second-order valence-corrected chi connectivity index (χ2v) is 7.42. The molecule has 0 fully saturated rings. The van der Waals surface area contributed by atoms with Crippen LogP contribution in [0.2, 0.25) is 0 Å². The number of nitrogens with one attached hydrogen (secondary N) is 1. The fourth-order valence-corrected chi connectivity index (χ4v) is 3.27. The number of anilines is 1. The van der Waals surface area contributed by atoms with E-state index in [9.17, 15) is 9.59 Å². The highest BCUT2D eigenvalue weighted by molar-refractivity contribution is 5.96. The number of aromatic nitrogens is 1. The van der Waals surface area contributed by atoms with Gasteiger partial charge >= 0.3 is 5.97 Å². The Kier molecular flexibility index (Phi) is 6.77. The van der Waals surface area contributed by atoms with Gasteiger partial charge in [-0.1, -0.05) is 17.3 Å². The second kappa shape index (κ2) is 10.1. The molecule has 1 N–H and O–H groups in total. The molecule has 1 amide bonds. The van der Waals surface area contributed by atoms with Gasteiger partial charge in [0.05, 0.1) is 24.5 Å². The largest absolute Gasteiger partial charge is 0.490 e. The summed E-state index contributed by atoms with van der Waals surface area (Å²) < 4.78 is 27.3. The van der Waals surface area contributed by atoms with Gasteiger partial charge < -0.3 is 28.8 Å². The maximum absolute atomic E-state index is 12.6. The number of esters is 1. The van der Waals surface area contributed by atoms with Crippen molar-refractivity contribution in [2.75, 3.05) is 25.1 Å². The number of carbonyl (C=O) groups excluding carboxylic acids is 2. The number of para-hydroxylation sites is 1. The molecule has 33 heavy (non-hydrogen) atoms. The summed E-state index contributed by atoms with van der Waals surface area (Å²) in [6, 6.07) is 11.8. The Morgan fingerprint density at radius 2 is 1.85 bits per heavy atom. The average Bonchev–Trinajstić information content (AvgIpc) is 3.00. The van der Waals surface area contributed by atoms with Crippen molar-refractivity contribution in [3.05, 3.63) is 65.0 Å². The summed E-state index contributed by atoms with van der Waals surface area (Å²) in [5.41, 5.74) is 2.27. The quantitative estimate of drug-likeness (QED) is 0.539. The van der Waals surface area contributed by atoms with Gasteiger partial charge in [-0.05, 0) is 38.1 Å². The van der Waals surface area contributed by atoms with Crippen LogP contribution in [-0.4, -0.2) is 36.9 Å². The molecule has 2 heterocycles. The first-order valence-corrected chi connectivity index (χ1v) is 10.5. The Morgan fingerprint density at radius 1 is 1.06 bits per heavy atom. The van der Waals surface area contributed by atoms with Crippen LogP contribution in [0.5, 0.6) is 17.2 Å². The summed E-state index contributed by atoms with van der Waals surface area (Å²) in [5, 5.41) is 6.58. The van der Waals surface area contributed by atoms with Crippen LogP contribution in [0.3, 0.4) is 0 Å². The third-order valence-electron chi connectivity index (χ3n) is 5.03. The molecule has 2 aromatic carbocycles. The van der Waals surface area contributed by atoms with E-state index in [1.165, 1.54) is 0 Å². The minimum atomic E-state index is -0.668. The first kappa shape index (κ1) is 22.2. The van der Waals surface area contributed by atoms with E-state index in [1.54, 1.807) is 49.4 Å². The van der Waals surface area contributed by atoms with Crippen molar-refractivity contribution in [1.29, 1.82) is 0 Å². The summed E-state index contributed by atoms with van der Waals surface area (Å²) in [4.78, 5) is 24.9. The lowest BCUT2D eigenvalue weighted by Gasteiger charge is -2.12. The van der Waals surface area contributed by atoms with Crippen molar-refractivity contribution in [2.24, 2.45) is 0 Å². The number of hydrogen-bond acceptors (Lipinski definition) is 8. The van der Waals surface area contributed by atoms with E-state index in [0.29, 0.717) is 41.9 Å². The van der Waals surface area contributed by atoms with E-state index in [0.717, 1.165) is 17.7 Å². The van der Waals surface area contributed by atoms with E-state index in [2.05, 4.69) is 10.5 Å². The molecule has 3 aromatic rings. The number of rotatable bonds is 7. The molecule has 0 unspecified atom stereocenters. The number of nitrogens with zero attached hydrogens (tertiary/aromatic N) is 1. The lowest BCUT2D eigenvalue weighted by atomic mass is 10.2. The fourth-order valence-electron chi connectivity index (χ4n) is 3.27. The van der Waals surface area contributed by atoms with Crippen LogP contribution in [0.15, 0.2) is 47.0 Å². The normalized spacial score (nSPS) is 12.5. The fraction of sp³-hybridized carbons (Fsp3) is 0.292. The predicted molar refractivity (Wildman–Crippen MR) is 118 cm³/mol. The highest BCUT2D eigenvalue weighted by Crippen LogP contribution is 2.32. The average molecular weight is 452 g/mol. The van der Waals surface area contributed by atoms with E-state index >= 15 is 0 Å². The van der Waals surface area contributed by atoms with Crippen LogP contribution < -0.4 is 19.5 Å². The molecule has 0 saturated carbocycles. The number of hydrogen-bond donors (Lipinski definition) is 1. The van der Waals surface area contributed by atoms with Crippen molar-refractivity contribution in [3.63, 3.8) is 0 Å². The molecule has 9 nitrogen and oxygen atoms in total. The molecule has 4 rings (SSSR count). The van der Waals surface area contributed by atoms with Crippen LogP contribution in [0, 0.1) is 13.8 Å². The molecule has 1 aliphatic heterocycles. The minimum Gasteiger partial charge on any atom is -0.490 e. The lowest BCUT2D eigenvalue weighted by molar-refractivity contribution is -0.119. The van der Waals surface area contributed by atoms with Gasteiger partial charge in [0.15, 0.2) is 18.1 Å². The topological polar surface area (TPSA) is 109 Å². The van der Waals surface area contributed by atoms with Crippen LogP contribution in [0.25, 0.3) is 0 Å². The molecule has 0 bridgehead atoms. The molecule has 1 aliphatic rings. The summed E-state index contributed by atoms with van der Waals surface area (Å²) in [6.07, 6.45) is 0.787. The van der Waals surface area contributed by atoms with E-state index in [-0.39, 0.29) is 12.2 Å². The smallest absolute Gasteiger partial charge is 0.342 e. The highest BCUT2D eigenvalue weighted by Gasteiger charge is 2.18. The van der Waals surface area contributed by atoms with Gasteiger partial charge in [-0.25, -0.2) is 4.79 Å². The summed E-state index contributed by atoms with van der Waals surface area (Å²) >= 11 is 0. The zero-order chi connectivity index (χ0) is 23.2. The zero-order valence-corrected chi connectivity index (χ0v) is 18.4.